The number of anilines is 1. The van der Waals surface area contributed by atoms with Gasteiger partial charge in [-0.2, -0.15) is 5.10 Å². The molecule has 0 amide bonds. The second-order valence-corrected chi connectivity index (χ2v) is 5.39. The lowest BCUT2D eigenvalue weighted by Gasteiger charge is -2.08. The summed E-state index contributed by atoms with van der Waals surface area (Å²) >= 11 is 0. The molecule has 0 atom stereocenters. The summed E-state index contributed by atoms with van der Waals surface area (Å²) in [5.41, 5.74) is 8.90. The number of nitrogens with zero attached hydrogens (tertiary/aromatic N) is 4. The lowest BCUT2D eigenvalue weighted by atomic mass is 10.1. The molecule has 5 nitrogen and oxygen atoms in total. The fraction of sp³-hybridized carbons (Fsp3) is 0.692. The zero-order chi connectivity index (χ0) is 13.3. The standard InChI is InChI=1S/C13H23N5/c1-9(2)7-5-6-8-18-12-11(15-13(18)14)10(3)16-17(12)4/h9H,5-8H2,1-4H3,(H2,14,15). The Bertz CT molecular complexity index is 535. The summed E-state index contributed by atoms with van der Waals surface area (Å²) in [4.78, 5) is 4.40. The molecular formula is C13H23N5. The Hall–Kier alpha value is -1.52. The number of rotatable bonds is 5. The van der Waals surface area contributed by atoms with Crippen molar-refractivity contribution in [3.63, 3.8) is 0 Å². The molecule has 2 aromatic heterocycles. The van der Waals surface area contributed by atoms with Crippen molar-refractivity contribution in [2.75, 3.05) is 5.73 Å². The average Bonchev–Trinajstić information content (AvgIpc) is 2.74. The van der Waals surface area contributed by atoms with Crippen LogP contribution in [0.1, 0.15) is 38.8 Å². The van der Waals surface area contributed by atoms with Crippen LogP contribution in [-0.4, -0.2) is 19.3 Å². The van der Waals surface area contributed by atoms with Crippen molar-refractivity contribution in [3.8, 4) is 0 Å². The molecule has 0 aliphatic carbocycles. The van der Waals surface area contributed by atoms with Gasteiger partial charge in [0.2, 0.25) is 5.95 Å². The topological polar surface area (TPSA) is 61.7 Å². The molecule has 0 aliphatic rings. The Kier molecular flexibility index (Phi) is 3.59. The molecule has 0 spiro atoms. The van der Waals surface area contributed by atoms with Gasteiger partial charge in [0.05, 0.1) is 5.69 Å². The predicted molar refractivity (Wildman–Crippen MR) is 74.3 cm³/mol. The number of fused-ring (bicyclic) bond motifs is 1. The molecule has 100 valence electrons. The fourth-order valence-corrected chi connectivity index (χ4v) is 2.39. The summed E-state index contributed by atoms with van der Waals surface area (Å²) in [6.07, 6.45) is 3.63. The summed E-state index contributed by atoms with van der Waals surface area (Å²) in [5, 5.41) is 4.39. The Balaban J connectivity index is 2.15. The van der Waals surface area contributed by atoms with Crippen LogP contribution in [0.25, 0.3) is 11.2 Å². The van der Waals surface area contributed by atoms with Crippen LogP contribution < -0.4 is 5.73 Å². The first-order valence-corrected chi connectivity index (χ1v) is 6.66. The first kappa shape index (κ1) is 12.9. The summed E-state index contributed by atoms with van der Waals surface area (Å²) in [6, 6.07) is 0. The van der Waals surface area contributed by atoms with Crippen molar-refractivity contribution in [2.45, 2.75) is 46.6 Å². The van der Waals surface area contributed by atoms with E-state index in [2.05, 4.69) is 28.5 Å². The van der Waals surface area contributed by atoms with Gasteiger partial charge in [-0.3, -0.25) is 9.25 Å². The summed E-state index contributed by atoms with van der Waals surface area (Å²) < 4.78 is 3.95. The van der Waals surface area contributed by atoms with Gasteiger partial charge in [-0.1, -0.05) is 26.7 Å². The maximum absolute atomic E-state index is 5.99. The van der Waals surface area contributed by atoms with Crippen LogP contribution in [0, 0.1) is 12.8 Å². The molecular weight excluding hydrogens is 226 g/mol. The van der Waals surface area contributed by atoms with E-state index >= 15 is 0 Å². The summed E-state index contributed by atoms with van der Waals surface area (Å²) in [6.45, 7) is 7.41. The van der Waals surface area contributed by atoms with E-state index < -0.39 is 0 Å². The lowest BCUT2D eigenvalue weighted by molar-refractivity contribution is 0.511. The predicted octanol–water partition coefficient (Wildman–Crippen LogP) is 2.49. The minimum Gasteiger partial charge on any atom is -0.369 e. The van der Waals surface area contributed by atoms with Gasteiger partial charge < -0.3 is 5.73 Å². The number of aromatic nitrogens is 4. The van der Waals surface area contributed by atoms with E-state index in [0.717, 1.165) is 35.7 Å². The third-order valence-corrected chi connectivity index (χ3v) is 3.33. The van der Waals surface area contributed by atoms with Crippen molar-refractivity contribution in [1.82, 2.24) is 19.3 Å². The normalized spacial score (nSPS) is 11.8. The number of unbranched alkanes of at least 4 members (excludes halogenated alkanes) is 1. The van der Waals surface area contributed by atoms with E-state index in [9.17, 15) is 0 Å². The molecule has 0 fully saturated rings. The molecule has 0 aromatic carbocycles. The van der Waals surface area contributed by atoms with E-state index in [1.165, 1.54) is 12.8 Å². The Labute approximate surface area is 108 Å². The molecule has 2 rings (SSSR count). The first-order valence-electron chi connectivity index (χ1n) is 6.66. The van der Waals surface area contributed by atoms with E-state index in [1.807, 2.05) is 18.7 Å². The molecule has 0 saturated carbocycles. The van der Waals surface area contributed by atoms with Gasteiger partial charge in [0, 0.05) is 13.6 Å². The molecule has 0 radical (unpaired) electrons. The molecule has 2 heterocycles. The Morgan fingerprint density at radius 1 is 1.28 bits per heavy atom. The lowest BCUT2D eigenvalue weighted by Crippen LogP contribution is -2.07. The molecule has 0 unspecified atom stereocenters. The molecule has 18 heavy (non-hydrogen) atoms. The number of hydrogen-bond acceptors (Lipinski definition) is 3. The maximum Gasteiger partial charge on any atom is 0.202 e. The molecule has 5 heteroatoms. The number of nitrogens with two attached hydrogens (primary N) is 1. The highest BCUT2D eigenvalue weighted by Crippen LogP contribution is 2.21. The smallest absolute Gasteiger partial charge is 0.202 e. The van der Waals surface area contributed by atoms with Crippen LogP contribution in [0.2, 0.25) is 0 Å². The highest BCUT2D eigenvalue weighted by Gasteiger charge is 2.14. The maximum atomic E-state index is 5.99. The van der Waals surface area contributed by atoms with Gasteiger partial charge >= 0.3 is 0 Å². The molecule has 0 saturated heterocycles. The zero-order valence-electron chi connectivity index (χ0n) is 11.8. The number of aryl methyl sites for hydroxylation is 3. The average molecular weight is 249 g/mol. The second-order valence-electron chi connectivity index (χ2n) is 5.39. The van der Waals surface area contributed by atoms with Crippen molar-refractivity contribution < 1.29 is 0 Å². The van der Waals surface area contributed by atoms with Crippen molar-refractivity contribution in [3.05, 3.63) is 5.69 Å². The number of imidazole rings is 1. The first-order chi connectivity index (χ1) is 8.50. The van der Waals surface area contributed by atoms with E-state index in [4.69, 9.17) is 5.73 Å². The highest BCUT2D eigenvalue weighted by atomic mass is 15.3. The van der Waals surface area contributed by atoms with E-state index in [-0.39, 0.29) is 0 Å². The zero-order valence-corrected chi connectivity index (χ0v) is 11.8. The van der Waals surface area contributed by atoms with E-state index in [1.54, 1.807) is 0 Å². The minimum atomic E-state index is 0.602. The van der Waals surface area contributed by atoms with Crippen molar-refractivity contribution in [2.24, 2.45) is 13.0 Å². The highest BCUT2D eigenvalue weighted by molar-refractivity contribution is 5.77. The summed E-state index contributed by atoms with van der Waals surface area (Å²) in [7, 11) is 1.95. The van der Waals surface area contributed by atoms with Crippen molar-refractivity contribution in [1.29, 1.82) is 0 Å². The van der Waals surface area contributed by atoms with E-state index in [0.29, 0.717) is 5.95 Å². The Morgan fingerprint density at radius 2 is 2.00 bits per heavy atom. The molecule has 2 N–H and O–H groups in total. The van der Waals surface area contributed by atoms with Gasteiger partial charge in [0.25, 0.3) is 0 Å². The molecule has 0 bridgehead atoms. The van der Waals surface area contributed by atoms with Gasteiger partial charge in [0.1, 0.15) is 5.52 Å². The SMILES string of the molecule is Cc1nn(C)c2c1nc(N)n2CCCCC(C)C. The molecule has 2 aromatic rings. The molecule has 0 aliphatic heterocycles. The van der Waals surface area contributed by atoms with Crippen LogP contribution in [-0.2, 0) is 13.6 Å². The number of nitrogen functional groups attached to an aromatic ring is 1. The fourth-order valence-electron chi connectivity index (χ4n) is 2.39. The second kappa shape index (κ2) is 5.00. The Morgan fingerprint density at radius 3 is 2.67 bits per heavy atom. The third-order valence-electron chi connectivity index (χ3n) is 3.33. The van der Waals surface area contributed by atoms with Crippen LogP contribution in [0.3, 0.4) is 0 Å². The van der Waals surface area contributed by atoms with Gasteiger partial charge in [0.15, 0.2) is 5.65 Å². The minimum absolute atomic E-state index is 0.602. The van der Waals surface area contributed by atoms with Gasteiger partial charge in [-0.05, 0) is 19.3 Å². The van der Waals surface area contributed by atoms with Crippen LogP contribution in [0.15, 0.2) is 0 Å². The quantitative estimate of drug-likeness (QED) is 0.828. The van der Waals surface area contributed by atoms with Crippen LogP contribution >= 0.6 is 0 Å². The van der Waals surface area contributed by atoms with Gasteiger partial charge in [-0.15, -0.1) is 0 Å². The van der Waals surface area contributed by atoms with Crippen LogP contribution in [0.5, 0.6) is 0 Å². The summed E-state index contributed by atoms with van der Waals surface area (Å²) in [5.74, 6) is 1.37. The largest absolute Gasteiger partial charge is 0.369 e. The number of hydrogen-bond donors (Lipinski definition) is 1. The van der Waals surface area contributed by atoms with Crippen molar-refractivity contribution >= 4 is 17.1 Å². The van der Waals surface area contributed by atoms with Crippen LogP contribution in [0.4, 0.5) is 5.95 Å². The third kappa shape index (κ3) is 2.35. The monoisotopic (exact) mass is 249 g/mol. The van der Waals surface area contributed by atoms with Gasteiger partial charge in [-0.25, -0.2) is 4.98 Å².